The molecule has 0 saturated carbocycles. The van der Waals surface area contributed by atoms with E-state index in [2.05, 4.69) is 19.2 Å². The molecule has 0 aromatic heterocycles. The van der Waals surface area contributed by atoms with Gasteiger partial charge in [0.1, 0.15) is 5.78 Å². The first-order valence-corrected chi connectivity index (χ1v) is 7.75. The molecular formula is C16H34NNa2O3. The first-order chi connectivity index (χ1) is 9.54. The number of aliphatic carboxylic acids is 1. The Labute approximate surface area is 181 Å². The van der Waals surface area contributed by atoms with E-state index in [0.717, 1.165) is 6.42 Å². The van der Waals surface area contributed by atoms with Gasteiger partial charge in [-0.15, -0.1) is 0 Å². The molecule has 0 spiro atoms. The summed E-state index contributed by atoms with van der Waals surface area (Å²) in [5.74, 6) is -0.731. The van der Waals surface area contributed by atoms with Crippen LogP contribution in [0.1, 0.15) is 71.1 Å². The summed E-state index contributed by atoms with van der Waals surface area (Å²) in [6.45, 7) is 5.65. The Hall–Kier alpha value is 1.10. The number of hydrogen-bond donors (Lipinski definition) is 2. The van der Waals surface area contributed by atoms with Gasteiger partial charge in [-0.2, -0.15) is 0 Å². The number of carbonyl (C=O) groups excluding carboxylic acids is 1. The van der Waals surface area contributed by atoms with E-state index in [1.54, 1.807) is 7.05 Å². The van der Waals surface area contributed by atoms with Gasteiger partial charge < -0.3 is 10.4 Å². The summed E-state index contributed by atoms with van der Waals surface area (Å²) in [5, 5.41) is 10.3. The summed E-state index contributed by atoms with van der Waals surface area (Å²) < 4.78 is 0. The van der Waals surface area contributed by atoms with Crippen LogP contribution in [0.25, 0.3) is 0 Å². The van der Waals surface area contributed by atoms with E-state index in [0.29, 0.717) is 6.42 Å². The molecule has 0 aliphatic carbocycles. The van der Waals surface area contributed by atoms with Crippen LogP contribution in [-0.4, -0.2) is 89.6 Å². The van der Waals surface area contributed by atoms with Gasteiger partial charge in [0.05, 0.1) is 6.54 Å². The van der Waals surface area contributed by atoms with Crippen LogP contribution in [0.4, 0.5) is 0 Å². The second-order valence-electron chi connectivity index (χ2n) is 5.04. The molecule has 0 bridgehead atoms. The van der Waals surface area contributed by atoms with Crippen LogP contribution >= 0.6 is 0 Å². The molecule has 0 rings (SSSR count). The van der Waals surface area contributed by atoms with Gasteiger partial charge in [-0.1, -0.05) is 58.3 Å². The van der Waals surface area contributed by atoms with Gasteiger partial charge in [0.2, 0.25) is 0 Å². The second kappa shape index (κ2) is 27.0. The molecule has 0 fully saturated rings. The summed E-state index contributed by atoms with van der Waals surface area (Å²) in [5.41, 5.74) is 0. The maximum absolute atomic E-state index is 10.5. The quantitative estimate of drug-likeness (QED) is 0.424. The fourth-order valence-electron chi connectivity index (χ4n) is 1.78. The Morgan fingerprint density at radius 1 is 0.909 bits per heavy atom. The summed E-state index contributed by atoms with van der Waals surface area (Å²) in [6, 6.07) is 0. The number of ketones is 1. The van der Waals surface area contributed by atoms with Crippen molar-refractivity contribution in [2.75, 3.05) is 13.6 Å². The van der Waals surface area contributed by atoms with E-state index in [-0.39, 0.29) is 71.4 Å². The molecule has 0 aromatic carbocycles. The third-order valence-electron chi connectivity index (χ3n) is 2.89. The van der Waals surface area contributed by atoms with E-state index < -0.39 is 5.97 Å². The molecular weight excluding hydrogens is 300 g/mol. The topological polar surface area (TPSA) is 66.4 Å². The van der Waals surface area contributed by atoms with Crippen molar-refractivity contribution >= 4 is 70.9 Å². The van der Waals surface area contributed by atoms with Gasteiger partial charge in [0.25, 0.3) is 0 Å². The maximum atomic E-state index is 10.5. The summed E-state index contributed by atoms with van der Waals surface area (Å²) >= 11 is 0. The van der Waals surface area contributed by atoms with E-state index in [9.17, 15) is 9.59 Å². The number of rotatable bonds is 12. The number of likely N-dealkylation sites (N-methyl/N-ethyl adjacent to an activating group) is 1. The number of Topliss-reactive ketones (excluding diaryl/α,β-unsaturated/α-hetero) is 1. The average molecular weight is 334 g/mol. The van der Waals surface area contributed by atoms with Gasteiger partial charge in [0.15, 0.2) is 0 Å². The van der Waals surface area contributed by atoms with Crippen molar-refractivity contribution in [2.24, 2.45) is 0 Å². The molecule has 0 amide bonds. The van der Waals surface area contributed by atoms with Gasteiger partial charge in [-0.05, 0) is 13.5 Å². The normalized spacial score (nSPS) is 8.86. The van der Waals surface area contributed by atoms with Crippen LogP contribution in [0.15, 0.2) is 0 Å². The molecule has 4 nitrogen and oxygen atoms in total. The monoisotopic (exact) mass is 334 g/mol. The number of nitrogens with one attached hydrogen (secondary N) is 1. The van der Waals surface area contributed by atoms with E-state index in [4.69, 9.17) is 5.11 Å². The Morgan fingerprint density at radius 3 is 1.59 bits per heavy atom. The third kappa shape index (κ3) is 37.4. The van der Waals surface area contributed by atoms with Gasteiger partial charge in [-0.25, -0.2) is 0 Å². The first-order valence-electron chi connectivity index (χ1n) is 7.75. The van der Waals surface area contributed by atoms with Crippen LogP contribution in [0.5, 0.6) is 0 Å². The molecule has 1 radical (unpaired) electrons. The van der Waals surface area contributed by atoms with Gasteiger partial charge in [0, 0.05) is 13.3 Å². The SMILES string of the molecule is CNCC(=O)O.[CH2]C(=O)CCCCCCCCCCC.[NaH].[NaH]. The Bertz CT molecular complexity index is 239. The second-order valence-corrected chi connectivity index (χ2v) is 5.04. The molecule has 123 valence electrons. The van der Waals surface area contributed by atoms with Crippen molar-refractivity contribution in [2.45, 2.75) is 71.1 Å². The first kappa shape index (κ1) is 30.9. The number of carbonyl (C=O) groups is 2. The summed E-state index contributed by atoms with van der Waals surface area (Å²) in [6.07, 6.45) is 12.4. The predicted octanol–water partition coefficient (Wildman–Crippen LogP) is 2.30. The molecule has 0 atom stereocenters. The number of unbranched alkanes of at least 4 members (excludes halogenated alkanes) is 8. The standard InChI is InChI=1S/C13H25O.C3H7NO2.2Na.2H/c1-3-4-5-6-7-8-9-10-11-12-13(2)14;1-4-2-3(5)6;;;;/h2-12H2,1H3;4H,2H2,1H3,(H,5,6);;;;. The average Bonchev–Trinajstić information content (AvgIpc) is 2.37. The van der Waals surface area contributed by atoms with Crippen molar-refractivity contribution in [1.29, 1.82) is 0 Å². The Balaban J connectivity index is -0.000000174. The molecule has 0 unspecified atom stereocenters. The summed E-state index contributed by atoms with van der Waals surface area (Å²) in [7, 11) is 1.59. The molecule has 0 aromatic rings. The Morgan fingerprint density at radius 2 is 1.32 bits per heavy atom. The van der Waals surface area contributed by atoms with Crippen molar-refractivity contribution in [3.8, 4) is 0 Å². The van der Waals surface area contributed by atoms with E-state index >= 15 is 0 Å². The number of carboxylic acids is 1. The zero-order valence-electron chi connectivity index (χ0n) is 13.2. The number of carboxylic acid groups (broad SMARTS) is 1. The fourth-order valence-corrected chi connectivity index (χ4v) is 1.78. The van der Waals surface area contributed by atoms with Crippen LogP contribution < -0.4 is 5.32 Å². The third-order valence-corrected chi connectivity index (χ3v) is 2.89. The molecule has 2 N–H and O–H groups in total. The van der Waals surface area contributed by atoms with Crippen LogP contribution in [0.3, 0.4) is 0 Å². The molecule has 0 aliphatic rings. The van der Waals surface area contributed by atoms with Crippen LogP contribution in [-0.2, 0) is 9.59 Å². The number of hydrogen-bond acceptors (Lipinski definition) is 3. The van der Waals surface area contributed by atoms with Crippen molar-refractivity contribution in [3.05, 3.63) is 6.92 Å². The fraction of sp³-hybridized carbons (Fsp3) is 0.812. The minimum atomic E-state index is -0.822. The van der Waals surface area contributed by atoms with Crippen LogP contribution in [0.2, 0.25) is 0 Å². The van der Waals surface area contributed by atoms with Crippen molar-refractivity contribution in [3.63, 3.8) is 0 Å². The predicted molar refractivity (Wildman–Crippen MR) is 98.1 cm³/mol. The van der Waals surface area contributed by atoms with Crippen LogP contribution in [0, 0.1) is 6.92 Å². The van der Waals surface area contributed by atoms with E-state index in [1.165, 1.54) is 51.4 Å². The molecule has 0 saturated heterocycles. The molecule has 22 heavy (non-hydrogen) atoms. The zero-order valence-corrected chi connectivity index (χ0v) is 13.2. The van der Waals surface area contributed by atoms with Gasteiger partial charge >= 0.3 is 65.1 Å². The molecule has 0 heterocycles. The zero-order chi connectivity index (χ0) is 15.6. The minimum absolute atomic E-state index is 0. The molecule has 0 aliphatic heterocycles. The van der Waals surface area contributed by atoms with Gasteiger partial charge in [-0.3, -0.25) is 9.59 Å². The van der Waals surface area contributed by atoms with Crippen molar-refractivity contribution in [1.82, 2.24) is 5.32 Å². The summed E-state index contributed by atoms with van der Waals surface area (Å²) in [4.78, 5) is 20.1. The Kier molecular flexibility index (Phi) is 37.9. The van der Waals surface area contributed by atoms with Crippen molar-refractivity contribution < 1.29 is 14.7 Å². The van der Waals surface area contributed by atoms with E-state index in [1.807, 2.05) is 0 Å². The molecule has 6 heteroatoms.